The van der Waals surface area contributed by atoms with Gasteiger partial charge in [-0.2, -0.15) is 0 Å². The van der Waals surface area contributed by atoms with Gasteiger partial charge in [0.25, 0.3) is 0 Å². The highest BCUT2D eigenvalue weighted by Crippen LogP contribution is 2.25. The van der Waals surface area contributed by atoms with Gasteiger partial charge >= 0.3 is 0 Å². The van der Waals surface area contributed by atoms with Gasteiger partial charge in [0.2, 0.25) is 5.78 Å². The van der Waals surface area contributed by atoms with E-state index in [0.717, 1.165) is 20.3 Å². The highest BCUT2D eigenvalue weighted by molar-refractivity contribution is 9.10. The number of rotatable bonds is 3. The van der Waals surface area contributed by atoms with Crippen LogP contribution in [0, 0.1) is 0 Å². The number of hydrogen-bond acceptors (Lipinski definition) is 3. The quantitative estimate of drug-likeness (QED) is 0.656. The average molecular weight is 321 g/mol. The molecule has 0 aliphatic rings. The van der Waals surface area contributed by atoms with Crippen molar-refractivity contribution >= 4 is 44.0 Å². The maximum atomic E-state index is 12.1. The number of carbonyl (C=O) groups is 1. The predicted octanol–water partition coefficient (Wildman–Crippen LogP) is 4.68. The minimum absolute atomic E-state index is 0.00866. The first-order chi connectivity index (χ1) is 8.74. The van der Waals surface area contributed by atoms with Crippen LogP contribution in [0.1, 0.15) is 15.4 Å². The first-order valence-corrected chi connectivity index (χ1v) is 7.15. The average Bonchev–Trinajstić information content (AvgIpc) is 2.96. The molecule has 3 aromatic rings. The lowest BCUT2D eigenvalue weighted by Crippen LogP contribution is -2.00. The van der Waals surface area contributed by atoms with Crippen molar-refractivity contribution in [2.75, 3.05) is 0 Å². The second kappa shape index (κ2) is 4.71. The molecule has 0 atom stereocenters. The van der Waals surface area contributed by atoms with Crippen molar-refractivity contribution in [3.63, 3.8) is 0 Å². The summed E-state index contributed by atoms with van der Waals surface area (Å²) in [5, 5.41) is 2.93. The van der Waals surface area contributed by atoms with Crippen molar-refractivity contribution < 1.29 is 9.21 Å². The van der Waals surface area contributed by atoms with E-state index in [1.54, 1.807) is 17.4 Å². The molecule has 2 heterocycles. The Kier molecular flexibility index (Phi) is 3.06. The van der Waals surface area contributed by atoms with Crippen LogP contribution in [-0.4, -0.2) is 5.78 Å². The second-order valence-electron chi connectivity index (χ2n) is 3.94. The maximum absolute atomic E-state index is 12.1. The van der Waals surface area contributed by atoms with E-state index in [1.165, 1.54) is 0 Å². The smallest absolute Gasteiger partial charge is 0.203 e. The van der Waals surface area contributed by atoms with E-state index in [0.29, 0.717) is 12.2 Å². The Morgan fingerprint density at radius 3 is 2.83 bits per heavy atom. The SMILES string of the molecule is O=C(Cc1sccc1Br)c1cc2ccccc2o1. The zero-order valence-electron chi connectivity index (χ0n) is 9.35. The number of furan rings is 1. The monoisotopic (exact) mass is 320 g/mol. The molecule has 0 aliphatic heterocycles. The van der Waals surface area contributed by atoms with Gasteiger partial charge in [-0.05, 0) is 39.5 Å². The number of halogens is 1. The van der Waals surface area contributed by atoms with Crippen LogP contribution in [0.15, 0.2) is 50.7 Å². The standard InChI is InChI=1S/C14H9BrO2S/c15-10-5-6-18-14(10)8-11(16)13-7-9-3-1-2-4-12(9)17-13/h1-7H,8H2. The molecular formula is C14H9BrO2S. The molecule has 0 fully saturated rings. The second-order valence-corrected chi connectivity index (χ2v) is 5.80. The molecule has 0 saturated carbocycles. The van der Waals surface area contributed by atoms with E-state index in [1.807, 2.05) is 35.7 Å². The number of benzene rings is 1. The van der Waals surface area contributed by atoms with Gasteiger partial charge in [-0.3, -0.25) is 4.79 Å². The van der Waals surface area contributed by atoms with E-state index >= 15 is 0 Å². The molecule has 4 heteroatoms. The van der Waals surface area contributed by atoms with Crippen LogP contribution in [-0.2, 0) is 6.42 Å². The van der Waals surface area contributed by atoms with Crippen LogP contribution >= 0.6 is 27.3 Å². The molecule has 1 aromatic carbocycles. The lowest BCUT2D eigenvalue weighted by Gasteiger charge is -1.95. The first kappa shape index (κ1) is 11.7. The van der Waals surface area contributed by atoms with Gasteiger partial charge in [0, 0.05) is 21.2 Å². The number of para-hydroxylation sites is 1. The van der Waals surface area contributed by atoms with Gasteiger partial charge in [0.05, 0.1) is 0 Å². The van der Waals surface area contributed by atoms with Gasteiger partial charge in [0.15, 0.2) is 5.76 Å². The normalized spacial score (nSPS) is 10.9. The van der Waals surface area contributed by atoms with E-state index in [2.05, 4.69) is 15.9 Å². The molecule has 0 saturated heterocycles. The number of ketones is 1. The molecule has 0 aliphatic carbocycles. The molecule has 2 aromatic heterocycles. The Hall–Kier alpha value is -1.39. The minimum atomic E-state index is 0.00866. The zero-order chi connectivity index (χ0) is 12.5. The molecule has 0 N–H and O–H groups in total. The Morgan fingerprint density at radius 2 is 2.11 bits per heavy atom. The predicted molar refractivity (Wildman–Crippen MR) is 76.3 cm³/mol. The van der Waals surface area contributed by atoms with Crippen LogP contribution in [0.4, 0.5) is 0 Å². The van der Waals surface area contributed by atoms with Crippen LogP contribution in [0.5, 0.6) is 0 Å². The number of fused-ring (bicyclic) bond motifs is 1. The molecular weight excluding hydrogens is 312 g/mol. The van der Waals surface area contributed by atoms with E-state index < -0.39 is 0 Å². The summed E-state index contributed by atoms with van der Waals surface area (Å²) in [6, 6.07) is 11.4. The molecule has 0 unspecified atom stereocenters. The van der Waals surface area contributed by atoms with Gasteiger partial charge in [0.1, 0.15) is 5.58 Å². The molecule has 3 rings (SSSR count). The van der Waals surface area contributed by atoms with Gasteiger partial charge in [-0.25, -0.2) is 0 Å². The summed E-state index contributed by atoms with van der Waals surface area (Å²) < 4.78 is 6.54. The van der Waals surface area contributed by atoms with Gasteiger partial charge in [-0.15, -0.1) is 11.3 Å². The van der Waals surface area contributed by atoms with Crippen LogP contribution in [0.2, 0.25) is 0 Å². The van der Waals surface area contributed by atoms with Crippen molar-refractivity contribution in [3.8, 4) is 0 Å². The summed E-state index contributed by atoms with van der Waals surface area (Å²) >= 11 is 5.00. The fourth-order valence-electron chi connectivity index (χ4n) is 1.80. The largest absolute Gasteiger partial charge is 0.453 e. The van der Waals surface area contributed by atoms with Crippen molar-refractivity contribution in [1.29, 1.82) is 0 Å². The number of hydrogen-bond donors (Lipinski definition) is 0. The lowest BCUT2D eigenvalue weighted by molar-refractivity contribution is 0.0969. The van der Waals surface area contributed by atoms with E-state index in [9.17, 15) is 4.79 Å². The summed E-state index contributed by atoms with van der Waals surface area (Å²) in [6.07, 6.45) is 0.373. The number of thiophene rings is 1. The third-order valence-electron chi connectivity index (χ3n) is 2.71. The summed E-state index contributed by atoms with van der Waals surface area (Å²) in [6.45, 7) is 0. The Bertz CT molecular complexity index is 678. The lowest BCUT2D eigenvalue weighted by atomic mass is 10.2. The molecule has 0 amide bonds. The van der Waals surface area contributed by atoms with Gasteiger partial charge < -0.3 is 4.42 Å². The van der Waals surface area contributed by atoms with Crippen molar-refractivity contribution in [1.82, 2.24) is 0 Å². The summed E-state index contributed by atoms with van der Waals surface area (Å²) in [7, 11) is 0. The third-order valence-corrected chi connectivity index (χ3v) is 4.64. The molecule has 18 heavy (non-hydrogen) atoms. The first-order valence-electron chi connectivity index (χ1n) is 5.47. The molecule has 90 valence electrons. The Morgan fingerprint density at radius 1 is 1.28 bits per heavy atom. The molecule has 0 radical (unpaired) electrons. The summed E-state index contributed by atoms with van der Waals surface area (Å²) in [5.74, 6) is 0.436. The number of carbonyl (C=O) groups excluding carboxylic acids is 1. The van der Waals surface area contributed by atoms with Crippen molar-refractivity contribution in [3.05, 3.63) is 56.9 Å². The fraction of sp³-hybridized carbons (Fsp3) is 0.0714. The zero-order valence-corrected chi connectivity index (χ0v) is 11.8. The highest BCUT2D eigenvalue weighted by atomic mass is 79.9. The van der Waals surface area contributed by atoms with Crippen molar-refractivity contribution in [2.24, 2.45) is 0 Å². The Labute approximate surface area is 116 Å². The summed E-state index contributed by atoms with van der Waals surface area (Å²) in [4.78, 5) is 13.2. The number of Topliss-reactive ketones (excluding diaryl/α,β-unsaturated/α-hetero) is 1. The fourth-order valence-corrected chi connectivity index (χ4v) is 3.29. The molecule has 2 nitrogen and oxygen atoms in total. The van der Waals surface area contributed by atoms with Crippen molar-refractivity contribution in [2.45, 2.75) is 6.42 Å². The molecule has 0 bridgehead atoms. The Balaban J connectivity index is 1.90. The van der Waals surface area contributed by atoms with Crippen LogP contribution in [0.25, 0.3) is 11.0 Å². The van der Waals surface area contributed by atoms with E-state index in [-0.39, 0.29) is 5.78 Å². The maximum Gasteiger partial charge on any atom is 0.203 e. The highest BCUT2D eigenvalue weighted by Gasteiger charge is 2.14. The minimum Gasteiger partial charge on any atom is -0.453 e. The topological polar surface area (TPSA) is 30.2 Å². The summed E-state index contributed by atoms with van der Waals surface area (Å²) in [5.41, 5.74) is 0.756. The van der Waals surface area contributed by atoms with Gasteiger partial charge in [-0.1, -0.05) is 18.2 Å². The van der Waals surface area contributed by atoms with Crippen LogP contribution in [0.3, 0.4) is 0 Å². The molecule has 0 spiro atoms. The van der Waals surface area contributed by atoms with E-state index in [4.69, 9.17) is 4.42 Å². The third kappa shape index (κ3) is 2.13. The van der Waals surface area contributed by atoms with Crippen LogP contribution < -0.4 is 0 Å².